The van der Waals surface area contributed by atoms with E-state index in [2.05, 4.69) is 11.9 Å². The van der Waals surface area contributed by atoms with Gasteiger partial charge in [-0.05, 0) is 32.9 Å². The Labute approximate surface area is 115 Å². The van der Waals surface area contributed by atoms with Crippen LogP contribution >= 0.6 is 0 Å². The number of hydrogen-bond acceptors (Lipinski definition) is 4. The van der Waals surface area contributed by atoms with Crippen LogP contribution in [0.15, 0.2) is 34.3 Å². The van der Waals surface area contributed by atoms with Crippen molar-refractivity contribution < 1.29 is 12.8 Å². The van der Waals surface area contributed by atoms with Crippen molar-refractivity contribution in [3.8, 4) is 0 Å². The summed E-state index contributed by atoms with van der Waals surface area (Å²) in [5, 5.41) is 3.20. The molecule has 0 radical (unpaired) electrons. The summed E-state index contributed by atoms with van der Waals surface area (Å²) in [5.41, 5.74) is -0.0501. The molecule has 0 bridgehead atoms. The van der Waals surface area contributed by atoms with Crippen molar-refractivity contribution in [1.29, 1.82) is 0 Å². The zero-order chi connectivity index (χ0) is 14.7. The van der Waals surface area contributed by atoms with Crippen LogP contribution in [0.5, 0.6) is 0 Å². The molecule has 0 aliphatic rings. The summed E-state index contributed by atoms with van der Waals surface area (Å²) in [6, 6.07) is 3.15. The molecule has 0 fully saturated rings. The van der Waals surface area contributed by atoms with Crippen molar-refractivity contribution in [2.45, 2.75) is 37.9 Å². The summed E-state index contributed by atoms with van der Waals surface area (Å²) in [6.07, 6.45) is 1.53. The highest BCUT2D eigenvalue weighted by Gasteiger charge is 2.23. The van der Waals surface area contributed by atoms with Crippen molar-refractivity contribution in [2.75, 3.05) is 13.6 Å². The highest BCUT2D eigenvalue weighted by Crippen LogP contribution is 2.18. The number of sulfonamides is 1. The minimum atomic E-state index is -3.57. The maximum absolute atomic E-state index is 12.1. The molecule has 0 spiro atoms. The Hall–Kier alpha value is -1.11. The van der Waals surface area contributed by atoms with Gasteiger partial charge in [-0.3, -0.25) is 0 Å². The average molecular weight is 286 g/mol. The molecule has 0 unspecified atom stereocenters. The van der Waals surface area contributed by atoms with Crippen LogP contribution in [0.25, 0.3) is 0 Å². The molecule has 0 aliphatic heterocycles. The summed E-state index contributed by atoms with van der Waals surface area (Å²) in [4.78, 5) is 0. The lowest BCUT2D eigenvalue weighted by molar-refractivity contribution is 0.353. The minimum absolute atomic E-state index is 0.0393. The Morgan fingerprint density at radius 1 is 1.42 bits per heavy atom. The number of nitrogens with zero attached hydrogens (tertiary/aromatic N) is 1. The fourth-order valence-electron chi connectivity index (χ4n) is 1.38. The van der Waals surface area contributed by atoms with Crippen molar-refractivity contribution in [3.05, 3.63) is 30.5 Å². The number of rotatable bonds is 6. The quantitative estimate of drug-likeness (QED) is 0.812. The van der Waals surface area contributed by atoms with Crippen LogP contribution in [0.4, 0.5) is 0 Å². The lowest BCUT2D eigenvalue weighted by Crippen LogP contribution is -2.34. The molecule has 1 N–H and O–H groups in total. The molecule has 1 heterocycles. The van der Waals surface area contributed by atoms with E-state index in [1.807, 2.05) is 20.8 Å². The van der Waals surface area contributed by atoms with Crippen LogP contribution in [0.1, 0.15) is 26.5 Å². The van der Waals surface area contributed by atoms with Gasteiger partial charge in [0.05, 0.1) is 6.54 Å². The van der Waals surface area contributed by atoms with Crippen molar-refractivity contribution >= 4 is 10.0 Å². The van der Waals surface area contributed by atoms with E-state index in [1.165, 1.54) is 23.5 Å². The zero-order valence-corrected chi connectivity index (χ0v) is 12.8. The van der Waals surface area contributed by atoms with Gasteiger partial charge < -0.3 is 9.73 Å². The van der Waals surface area contributed by atoms with Gasteiger partial charge in [0.25, 0.3) is 10.0 Å². The van der Waals surface area contributed by atoms with E-state index in [0.29, 0.717) is 12.3 Å². The summed E-state index contributed by atoms with van der Waals surface area (Å²) in [5.74, 6) is 0.598. The molecule has 0 saturated heterocycles. The molecular formula is C13H22N2O3S. The largest absolute Gasteiger partial charge is 0.447 e. The van der Waals surface area contributed by atoms with E-state index >= 15 is 0 Å². The minimum Gasteiger partial charge on any atom is -0.447 e. The Kier molecular flexibility index (Phi) is 4.95. The summed E-state index contributed by atoms with van der Waals surface area (Å²) in [6.45, 7) is 10.4. The normalized spacial score (nSPS) is 12.9. The molecule has 0 aromatic carbocycles. The first-order chi connectivity index (χ1) is 8.66. The standard InChI is InChI=1S/C13H22N2O3S/c1-6-9-15(5)19(16,17)12-8-7-11(18-12)10-14-13(2,3)4/h6-8,14H,1,9-10H2,2-5H3. The third-order valence-electron chi connectivity index (χ3n) is 2.48. The van der Waals surface area contributed by atoms with E-state index in [0.717, 1.165) is 0 Å². The smallest absolute Gasteiger partial charge is 0.276 e. The molecule has 19 heavy (non-hydrogen) atoms. The molecule has 1 aromatic rings. The van der Waals surface area contributed by atoms with E-state index in [4.69, 9.17) is 4.42 Å². The molecule has 0 aliphatic carbocycles. The number of nitrogens with one attached hydrogen (secondary N) is 1. The van der Waals surface area contributed by atoms with Gasteiger partial charge in [-0.15, -0.1) is 6.58 Å². The molecule has 0 saturated carbocycles. The number of likely N-dealkylation sites (N-methyl/N-ethyl adjacent to an activating group) is 1. The molecule has 1 aromatic heterocycles. The Bertz CT molecular complexity index is 526. The van der Waals surface area contributed by atoms with E-state index < -0.39 is 10.0 Å². The van der Waals surface area contributed by atoms with Crippen molar-refractivity contribution in [1.82, 2.24) is 9.62 Å². The van der Waals surface area contributed by atoms with Gasteiger partial charge in [-0.1, -0.05) is 6.08 Å². The molecule has 0 atom stereocenters. The molecule has 5 nitrogen and oxygen atoms in total. The highest BCUT2D eigenvalue weighted by atomic mass is 32.2. The van der Waals surface area contributed by atoms with E-state index in [-0.39, 0.29) is 17.2 Å². The predicted octanol–water partition coefficient (Wildman–Crippen LogP) is 1.97. The third kappa shape index (κ3) is 4.49. The maximum atomic E-state index is 12.1. The summed E-state index contributed by atoms with van der Waals surface area (Å²) < 4.78 is 30.8. The molecule has 6 heteroatoms. The van der Waals surface area contributed by atoms with Crippen LogP contribution in [-0.4, -0.2) is 31.9 Å². The first kappa shape index (κ1) is 15.9. The first-order valence-corrected chi connectivity index (χ1v) is 7.52. The Morgan fingerprint density at radius 2 is 2.05 bits per heavy atom. The van der Waals surface area contributed by atoms with Gasteiger partial charge >= 0.3 is 0 Å². The molecule has 0 amide bonds. The monoisotopic (exact) mass is 286 g/mol. The lowest BCUT2D eigenvalue weighted by atomic mass is 10.1. The Morgan fingerprint density at radius 3 is 2.58 bits per heavy atom. The molecular weight excluding hydrogens is 264 g/mol. The van der Waals surface area contributed by atoms with Gasteiger partial charge in [-0.2, -0.15) is 4.31 Å². The summed E-state index contributed by atoms with van der Waals surface area (Å²) in [7, 11) is -2.07. The van der Waals surface area contributed by atoms with Gasteiger partial charge in [0.15, 0.2) is 0 Å². The van der Waals surface area contributed by atoms with E-state index in [9.17, 15) is 8.42 Å². The second-order valence-electron chi connectivity index (χ2n) is 5.40. The molecule has 1 rings (SSSR count). The lowest BCUT2D eigenvalue weighted by Gasteiger charge is -2.19. The maximum Gasteiger partial charge on any atom is 0.276 e. The second-order valence-corrected chi connectivity index (χ2v) is 7.37. The second kappa shape index (κ2) is 5.90. The van der Waals surface area contributed by atoms with Crippen LogP contribution in [0.3, 0.4) is 0 Å². The zero-order valence-electron chi connectivity index (χ0n) is 11.9. The first-order valence-electron chi connectivity index (χ1n) is 6.08. The van der Waals surface area contributed by atoms with Crippen LogP contribution in [-0.2, 0) is 16.6 Å². The van der Waals surface area contributed by atoms with Crippen LogP contribution in [0, 0.1) is 0 Å². The number of furan rings is 1. The predicted molar refractivity (Wildman–Crippen MR) is 75.3 cm³/mol. The SMILES string of the molecule is C=CCN(C)S(=O)(=O)c1ccc(CNC(C)(C)C)o1. The van der Waals surface area contributed by atoms with Crippen LogP contribution in [0.2, 0.25) is 0 Å². The topological polar surface area (TPSA) is 62.6 Å². The highest BCUT2D eigenvalue weighted by molar-refractivity contribution is 7.89. The fourth-order valence-corrected chi connectivity index (χ4v) is 2.44. The number of hydrogen-bond donors (Lipinski definition) is 1. The van der Waals surface area contributed by atoms with Crippen molar-refractivity contribution in [3.63, 3.8) is 0 Å². The van der Waals surface area contributed by atoms with Gasteiger partial charge in [0, 0.05) is 19.1 Å². The molecule has 108 valence electrons. The van der Waals surface area contributed by atoms with Crippen molar-refractivity contribution in [2.24, 2.45) is 0 Å². The average Bonchev–Trinajstić information content (AvgIpc) is 2.75. The van der Waals surface area contributed by atoms with Gasteiger partial charge in [-0.25, -0.2) is 8.42 Å². The third-order valence-corrected chi connectivity index (χ3v) is 4.18. The van der Waals surface area contributed by atoms with Gasteiger partial charge in [0.2, 0.25) is 5.09 Å². The fraction of sp³-hybridized carbons (Fsp3) is 0.538. The summed E-state index contributed by atoms with van der Waals surface area (Å²) >= 11 is 0. The Balaban J connectivity index is 2.82. The van der Waals surface area contributed by atoms with Crippen LogP contribution < -0.4 is 5.32 Å². The van der Waals surface area contributed by atoms with E-state index in [1.54, 1.807) is 6.07 Å². The van der Waals surface area contributed by atoms with Gasteiger partial charge in [0.1, 0.15) is 5.76 Å².